The van der Waals surface area contributed by atoms with Crippen molar-refractivity contribution >= 4 is 12.6 Å². The second-order valence-corrected chi connectivity index (χ2v) is 4.91. The quantitative estimate of drug-likeness (QED) is 0.587. The number of hydrogen-bond acceptors (Lipinski definition) is 1. The summed E-state index contributed by atoms with van der Waals surface area (Å²) in [5.41, 5.74) is 0.549. The molecule has 1 aliphatic rings. The second-order valence-electron chi connectivity index (χ2n) is 4.59. The first kappa shape index (κ1) is 10.4. The molecule has 0 aromatic carbocycles. The second kappa shape index (κ2) is 5.16. The fourth-order valence-corrected chi connectivity index (χ4v) is 2.41. The Bertz CT molecular complexity index is 110. The molecule has 0 unspecified atom stereocenters. The van der Waals surface area contributed by atoms with Crippen molar-refractivity contribution in [2.24, 2.45) is 5.41 Å². The van der Waals surface area contributed by atoms with E-state index >= 15 is 0 Å². The van der Waals surface area contributed by atoms with E-state index in [1.807, 2.05) is 0 Å². The lowest BCUT2D eigenvalue weighted by atomic mass is 9.82. The van der Waals surface area contributed by atoms with E-state index in [0.717, 1.165) is 5.75 Å². The molecule has 0 aliphatic heterocycles. The molecule has 12 heavy (non-hydrogen) atoms. The predicted octanol–water partition coefficient (Wildman–Crippen LogP) is 4.06. The van der Waals surface area contributed by atoms with Crippen LogP contribution < -0.4 is 0 Å². The van der Waals surface area contributed by atoms with Crippen molar-refractivity contribution in [3.05, 3.63) is 0 Å². The zero-order valence-electron chi connectivity index (χ0n) is 8.31. The summed E-state index contributed by atoms with van der Waals surface area (Å²) in [6.07, 6.45) is 11.5. The largest absolute Gasteiger partial charge is 0.179 e. The zero-order valence-corrected chi connectivity index (χ0v) is 9.21. The third-order valence-electron chi connectivity index (χ3n) is 3.19. The average molecular weight is 186 g/mol. The molecular formula is C11H22S. The minimum atomic E-state index is 0.549. The maximum Gasteiger partial charge on any atom is -0.00438 e. The molecule has 0 saturated heterocycles. The van der Waals surface area contributed by atoms with E-state index in [0.29, 0.717) is 5.41 Å². The van der Waals surface area contributed by atoms with Crippen LogP contribution in [0.25, 0.3) is 0 Å². The van der Waals surface area contributed by atoms with Gasteiger partial charge in [0.1, 0.15) is 0 Å². The molecule has 1 heteroatoms. The van der Waals surface area contributed by atoms with Gasteiger partial charge in [0.25, 0.3) is 0 Å². The van der Waals surface area contributed by atoms with Crippen LogP contribution in [0.5, 0.6) is 0 Å². The predicted molar refractivity (Wildman–Crippen MR) is 58.9 cm³/mol. The molecular weight excluding hydrogens is 164 g/mol. The fraction of sp³-hybridized carbons (Fsp3) is 1.00. The Morgan fingerprint density at radius 1 is 0.917 bits per heavy atom. The summed E-state index contributed by atoms with van der Waals surface area (Å²) >= 11 is 4.47. The highest BCUT2D eigenvalue weighted by Crippen LogP contribution is 2.33. The van der Waals surface area contributed by atoms with E-state index in [2.05, 4.69) is 19.6 Å². The first-order chi connectivity index (χ1) is 5.77. The van der Waals surface area contributed by atoms with Gasteiger partial charge in [-0.2, -0.15) is 12.6 Å². The van der Waals surface area contributed by atoms with Crippen LogP contribution in [0.3, 0.4) is 0 Å². The highest BCUT2D eigenvalue weighted by molar-refractivity contribution is 7.80. The molecule has 0 amide bonds. The van der Waals surface area contributed by atoms with Gasteiger partial charge in [-0.05, 0) is 24.0 Å². The minimum Gasteiger partial charge on any atom is -0.179 e. The van der Waals surface area contributed by atoms with Crippen LogP contribution in [0, 0.1) is 5.41 Å². The lowest BCUT2D eigenvalue weighted by Gasteiger charge is -2.27. The summed E-state index contributed by atoms with van der Waals surface area (Å²) in [5, 5.41) is 0. The van der Waals surface area contributed by atoms with Gasteiger partial charge >= 0.3 is 0 Å². The van der Waals surface area contributed by atoms with E-state index in [1.165, 1.54) is 51.4 Å². The molecule has 0 nitrogen and oxygen atoms in total. The van der Waals surface area contributed by atoms with Gasteiger partial charge in [-0.25, -0.2) is 0 Å². The highest BCUT2D eigenvalue weighted by Gasteiger charge is 2.21. The van der Waals surface area contributed by atoms with Crippen LogP contribution >= 0.6 is 12.6 Å². The molecule has 0 N–H and O–H groups in total. The van der Waals surface area contributed by atoms with Crippen LogP contribution in [0.4, 0.5) is 0 Å². The van der Waals surface area contributed by atoms with Crippen LogP contribution in [0.1, 0.15) is 58.3 Å². The normalized spacial score (nSPS) is 25.5. The van der Waals surface area contributed by atoms with E-state index < -0.39 is 0 Å². The lowest BCUT2D eigenvalue weighted by molar-refractivity contribution is 0.302. The van der Waals surface area contributed by atoms with E-state index in [9.17, 15) is 0 Å². The molecule has 0 heterocycles. The smallest absolute Gasteiger partial charge is 0.00438 e. The van der Waals surface area contributed by atoms with Crippen molar-refractivity contribution in [3.8, 4) is 0 Å². The van der Waals surface area contributed by atoms with Crippen molar-refractivity contribution in [2.45, 2.75) is 58.3 Å². The van der Waals surface area contributed by atoms with Gasteiger partial charge in [-0.1, -0.05) is 45.4 Å². The summed E-state index contributed by atoms with van der Waals surface area (Å²) in [5.74, 6) is 1.08. The molecule has 0 bridgehead atoms. The van der Waals surface area contributed by atoms with Crippen molar-refractivity contribution in [1.82, 2.24) is 0 Å². The molecule has 0 aromatic rings. The molecule has 1 rings (SSSR count). The number of rotatable bonds is 1. The van der Waals surface area contributed by atoms with Crippen LogP contribution in [-0.2, 0) is 0 Å². The van der Waals surface area contributed by atoms with E-state index in [4.69, 9.17) is 0 Å². The SMILES string of the molecule is CC1(CS)CCCCCCCC1. The maximum atomic E-state index is 4.47. The van der Waals surface area contributed by atoms with Crippen molar-refractivity contribution < 1.29 is 0 Å². The summed E-state index contributed by atoms with van der Waals surface area (Å²) in [6, 6.07) is 0. The number of hydrogen-bond donors (Lipinski definition) is 1. The Labute approximate surface area is 82.5 Å². The van der Waals surface area contributed by atoms with Crippen molar-refractivity contribution in [1.29, 1.82) is 0 Å². The molecule has 1 saturated carbocycles. The molecule has 0 atom stereocenters. The fourth-order valence-electron chi connectivity index (χ4n) is 2.09. The Kier molecular flexibility index (Phi) is 4.49. The molecule has 1 aliphatic carbocycles. The standard InChI is InChI=1S/C11H22S/c1-11(10-12)8-6-4-2-3-5-7-9-11/h12H,2-10H2,1H3. The van der Waals surface area contributed by atoms with Gasteiger partial charge in [0.15, 0.2) is 0 Å². The number of thiol groups is 1. The Morgan fingerprint density at radius 2 is 1.33 bits per heavy atom. The average Bonchev–Trinajstić information content (AvgIpc) is 2.18. The van der Waals surface area contributed by atoms with E-state index in [1.54, 1.807) is 0 Å². The summed E-state index contributed by atoms with van der Waals surface area (Å²) < 4.78 is 0. The van der Waals surface area contributed by atoms with Gasteiger partial charge in [-0.3, -0.25) is 0 Å². The van der Waals surface area contributed by atoms with Crippen LogP contribution in [0.15, 0.2) is 0 Å². The summed E-state index contributed by atoms with van der Waals surface area (Å²) in [7, 11) is 0. The monoisotopic (exact) mass is 186 g/mol. The van der Waals surface area contributed by atoms with E-state index in [-0.39, 0.29) is 0 Å². The van der Waals surface area contributed by atoms with Gasteiger partial charge < -0.3 is 0 Å². The summed E-state index contributed by atoms with van der Waals surface area (Å²) in [4.78, 5) is 0. The highest BCUT2D eigenvalue weighted by atomic mass is 32.1. The van der Waals surface area contributed by atoms with Gasteiger partial charge in [0, 0.05) is 0 Å². The maximum absolute atomic E-state index is 4.47. The van der Waals surface area contributed by atoms with Crippen LogP contribution in [-0.4, -0.2) is 5.75 Å². The third kappa shape index (κ3) is 3.38. The topological polar surface area (TPSA) is 0 Å². The molecule has 72 valence electrons. The molecule has 1 fully saturated rings. The third-order valence-corrected chi connectivity index (χ3v) is 3.96. The Hall–Kier alpha value is 0.350. The van der Waals surface area contributed by atoms with Crippen LogP contribution in [0.2, 0.25) is 0 Å². The van der Waals surface area contributed by atoms with Gasteiger partial charge in [0.05, 0.1) is 0 Å². The Balaban J connectivity index is 2.38. The first-order valence-electron chi connectivity index (χ1n) is 5.38. The minimum absolute atomic E-state index is 0.549. The summed E-state index contributed by atoms with van der Waals surface area (Å²) in [6.45, 7) is 2.41. The van der Waals surface area contributed by atoms with Crippen molar-refractivity contribution in [3.63, 3.8) is 0 Å². The molecule has 0 radical (unpaired) electrons. The first-order valence-corrected chi connectivity index (χ1v) is 6.01. The molecule has 0 aromatic heterocycles. The van der Waals surface area contributed by atoms with Gasteiger partial charge in [0.2, 0.25) is 0 Å². The van der Waals surface area contributed by atoms with Gasteiger partial charge in [-0.15, -0.1) is 0 Å². The lowest BCUT2D eigenvalue weighted by Crippen LogP contribution is -2.18. The zero-order chi connectivity index (χ0) is 8.86. The van der Waals surface area contributed by atoms with Crippen molar-refractivity contribution in [2.75, 3.05) is 5.75 Å². The molecule has 0 spiro atoms. The Morgan fingerprint density at radius 3 is 1.75 bits per heavy atom.